The zero-order valence-corrected chi connectivity index (χ0v) is 43.7. The van der Waals surface area contributed by atoms with Crippen molar-refractivity contribution in [1.29, 1.82) is 0 Å². The molecular weight excluding hydrogens is 907 g/mol. The summed E-state index contributed by atoms with van der Waals surface area (Å²) in [6, 6.07) is 13.2. The van der Waals surface area contributed by atoms with Gasteiger partial charge in [-0.15, -0.1) is 0 Å². The van der Waals surface area contributed by atoms with Crippen molar-refractivity contribution in [3.05, 3.63) is 88.0 Å². The number of benzene rings is 3. The van der Waals surface area contributed by atoms with Crippen molar-refractivity contribution in [1.82, 2.24) is 19.6 Å². The minimum atomic E-state index is -0.0933. The lowest BCUT2D eigenvalue weighted by atomic mass is 10.1. The van der Waals surface area contributed by atoms with E-state index in [0.29, 0.717) is 91.6 Å². The summed E-state index contributed by atoms with van der Waals surface area (Å²) in [6.07, 6.45) is 11.6. The van der Waals surface area contributed by atoms with Crippen molar-refractivity contribution < 1.29 is 38.0 Å². The standard InChI is InChI=1S/C54H73N7O8S/c1-11-37-22-42-30-55-46-28-50(48(64-8)26-44(46)52(62)60(42)32-37)68-34-39-21-40(35-69-51-29-47-45(27-49(51)65-9)53(63)61-33-38(12-2)23-43(61)31-56-47)25-41(24-39)59(14-13-57(5)6)16-18-67-20-19-66-17-15-58(7)36-54(3,4)70-10/h11-12,21,24-31,42-43H,13-20,22-23,32-36H2,1-10H3/b37-11+,38-12+/t42-,43-/m0/s1. The number of allylic oxidation sites excluding steroid dienone is 2. The molecule has 0 N–H and O–H groups in total. The molecule has 378 valence electrons. The van der Waals surface area contributed by atoms with Crippen LogP contribution in [0.5, 0.6) is 23.0 Å². The van der Waals surface area contributed by atoms with Crippen LogP contribution in [0.2, 0.25) is 0 Å². The quantitative estimate of drug-likeness (QED) is 0.0636. The molecule has 4 aliphatic heterocycles. The first kappa shape index (κ1) is 52.4. The van der Waals surface area contributed by atoms with E-state index < -0.39 is 0 Å². The average Bonchev–Trinajstić information content (AvgIpc) is 3.92. The lowest BCUT2D eigenvalue weighted by Crippen LogP contribution is -2.36. The predicted octanol–water partition coefficient (Wildman–Crippen LogP) is 8.09. The zero-order valence-electron chi connectivity index (χ0n) is 42.9. The number of carbonyl (C=O) groups excluding carboxylic acids is 2. The molecule has 0 saturated carbocycles. The van der Waals surface area contributed by atoms with E-state index in [1.807, 2.05) is 47.8 Å². The van der Waals surface area contributed by atoms with Gasteiger partial charge in [0.25, 0.3) is 11.8 Å². The Morgan fingerprint density at radius 3 is 1.63 bits per heavy atom. The highest BCUT2D eigenvalue weighted by Crippen LogP contribution is 2.41. The molecule has 3 aromatic rings. The van der Waals surface area contributed by atoms with Crippen LogP contribution in [0.3, 0.4) is 0 Å². The van der Waals surface area contributed by atoms with E-state index in [-0.39, 0.29) is 41.9 Å². The number of rotatable bonds is 24. The minimum absolute atomic E-state index is 0.0761. The molecule has 0 bridgehead atoms. The second-order valence-corrected chi connectivity index (χ2v) is 20.7. The van der Waals surface area contributed by atoms with E-state index in [2.05, 4.69) is 86.3 Å². The number of ether oxygens (including phenoxy) is 6. The lowest BCUT2D eigenvalue weighted by molar-refractivity contribution is 0.0426. The Morgan fingerprint density at radius 2 is 1.17 bits per heavy atom. The predicted molar refractivity (Wildman–Crippen MR) is 281 cm³/mol. The van der Waals surface area contributed by atoms with Gasteiger partial charge in [0.1, 0.15) is 13.2 Å². The number of aliphatic imine (C=N–C) groups is 2. The van der Waals surface area contributed by atoms with E-state index >= 15 is 0 Å². The van der Waals surface area contributed by atoms with Gasteiger partial charge in [0, 0.05) is 80.8 Å². The van der Waals surface area contributed by atoms with E-state index in [1.54, 1.807) is 38.5 Å². The monoisotopic (exact) mass is 980 g/mol. The molecule has 2 fully saturated rings. The summed E-state index contributed by atoms with van der Waals surface area (Å²) in [6.45, 7) is 16.3. The van der Waals surface area contributed by atoms with Crippen LogP contribution in [-0.2, 0) is 22.7 Å². The second kappa shape index (κ2) is 24.2. The number of anilines is 1. The molecule has 3 aromatic carbocycles. The van der Waals surface area contributed by atoms with Gasteiger partial charge in [0.05, 0.1) is 75.2 Å². The molecule has 0 aromatic heterocycles. The number of methoxy groups -OCH3 is 2. The summed E-state index contributed by atoms with van der Waals surface area (Å²) >= 11 is 1.87. The number of likely N-dealkylation sites (N-methyl/N-ethyl adjacent to an activating group) is 2. The van der Waals surface area contributed by atoms with Crippen molar-refractivity contribution in [2.24, 2.45) is 9.98 Å². The van der Waals surface area contributed by atoms with Gasteiger partial charge in [0.2, 0.25) is 0 Å². The van der Waals surface area contributed by atoms with Gasteiger partial charge in [-0.1, -0.05) is 23.3 Å². The molecule has 7 rings (SSSR count). The van der Waals surface area contributed by atoms with Crippen LogP contribution < -0.4 is 23.8 Å². The van der Waals surface area contributed by atoms with Crippen LogP contribution in [0, 0.1) is 0 Å². The molecule has 0 radical (unpaired) electrons. The van der Waals surface area contributed by atoms with Crippen molar-refractivity contribution >= 4 is 53.1 Å². The Morgan fingerprint density at radius 1 is 0.671 bits per heavy atom. The van der Waals surface area contributed by atoms with Crippen LogP contribution in [0.4, 0.5) is 17.1 Å². The maximum atomic E-state index is 13.8. The van der Waals surface area contributed by atoms with Gasteiger partial charge in [-0.05, 0) is 109 Å². The number of thioether (sulfide) groups is 1. The number of carbonyl (C=O) groups is 2. The third-order valence-corrected chi connectivity index (χ3v) is 14.6. The molecule has 4 aliphatic rings. The second-order valence-electron chi connectivity index (χ2n) is 19.2. The van der Waals surface area contributed by atoms with Crippen molar-refractivity contribution in [3.63, 3.8) is 0 Å². The summed E-state index contributed by atoms with van der Waals surface area (Å²) in [4.78, 5) is 47.7. The first-order chi connectivity index (χ1) is 33.7. The van der Waals surface area contributed by atoms with Crippen LogP contribution in [0.15, 0.2) is 75.7 Å². The van der Waals surface area contributed by atoms with Gasteiger partial charge < -0.3 is 52.9 Å². The lowest BCUT2D eigenvalue weighted by Gasteiger charge is -2.28. The molecule has 2 amide bonds. The fourth-order valence-corrected chi connectivity index (χ4v) is 9.50. The number of nitrogens with zero attached hydrogens (tertiary/aromatic N) is 7. The fraction of sp³-hybridized carbons (Fsp3) is 0.519. The number of hydrogen-bond acceptors (Lipinski definition) is 14. The molecule has 2 saturated heterocycles. The summed E-state index contributed by atoms with van der Waals surface area (Å²) in [7, 11) is 9.43. The van der Waals surface area contributed by atoms with Crippen molar-refractivity contribution in [2.45, 2.75) is 70.6 Å². The smallest absolute Gasteiger partial charge is 0.257 e. The Labute approximate surface area is 419 Å². The van der Waals surface area contributed by atoms with E-state index in [9.17, 15) is 9.59 Å². The highest BCUT2D eigenvalue weighted by Gasteiger charge is 2.36. The van der Waals surface area contributed by atoms with Gasteiger partial charge in [0.15, 0.2) is 23.0 Å². The summed E-state index contributed by atoms with van der Waals surface area (Å²) in [5.41, 5.74) is 7.27. The largest absolute Gasteiger partial charge is 0.493 e. The van der Waals surface area contributed by atoms with Gasteiger partial charge in [-0.3, -0.25) is 19.6 Å². The number of fused-ring (bicyclic) bond motifs is 4. The Bertz CT molecular complexity index is 2320. The van der Waals surface area contributed by atoms with E-state index in [4.69, 9.17) is 38.4 Å². The van der Waals surface area contributed by atoms with Crippen LogP contribution in [-0.4, -0.2) is 175 Å². The van der Waals surface area contributed by atoms with Crippen molar-refractivity contribution in [3.8, 4) is 23.0 Å². The van der Waals surface area contributed by atoms with Gasteiger partial charge >= 0.3 is 0 Å². The third-order valence-electron chi connectivity index (χ3n) is 13.3. The first-order valence-corrected chi connectivity index (χ1v) is 25.5. The average molecular weight is 980 g/mol. The van der Waals surface area contributed by atoms with Crippen LogP contribution >= 0.6 is 11.8 Å². The minimum Gasteiger partial charge on any atom is -0.493 e. The Hall–Kier alpha value is -5.39. The SMILES string of the molecule is C/C=C1\C[C@H]2C=Nc3cc(OCc4cc(COc5cc6c(cc5OC)C(=O)N5C/C(=C/C)C[C@H]5C=N6)cc(N(CCOCCOCCN(C)CC(C)(C)SC)CCN(C)C)c4)c(OC)cc3C(=O)N2C1. The third kappa shape index (κ3) is 13.1. The molecule has 0 spiro atoms. The van der Waals surface area contributed by atoms with E-state index in [1.165, 1.54) is 11.1 Å². The maximum Gasteiger partial charge on any atom is 0.257 e. The zero-order chi connectivity index (χ0) is 50.0. The summed E-state index contributed by atoms with van der Waals surface area (Å²) in [5, 5.41) is 0. The molecule has 16 heteroatoms. The van der Waals surface area contributed by atoms with Crippen LogP contribution in [0.25, 0.3) is 0 Å². The van der Waals surface area contributed by atoms with E-state index in [0.717, 1.165) is 55.8 Å². The van der Waals surface area contributed by atoms with Gasteiger partial charge in [-0.25, -0.2) is 0 Å². The maximum absolute atomic E-state index is 13.8. The normalized spacial score (nSPS) is 18.6. The Balaban J connectivity index is 1.11. The topological polar surface area (TPSA) is 130 Å². The van der Waals surface area contributed by atoms with Gasteiger partial charge in [-0.2, -0.15) is 11.8 Å². The molecule has 2 atom stereocenters. The molecule has 0 unspecified atom stereocenters. The van der Waals surface area contributed by atoms with Crippen molar-refractivity contribution in [2.75, 3.05) is 119 Å². The highest BCUT2D eigenvalue weighted by molar-refractivity contribution is 7.99. The van der Waals surface area contributed by atoms with Crippen LogP contribution in [0.1, 0.15) is 72.4 Å². The Kier molecular flexibility index (Phi) is 18.1. The molecule has 70 heavy (non-hydrogen) atoms. The summed E-state index contributed by atoms with van der Waals surface area (Å²) in [5.74, 6) is 1.71. The molecule has 4 heterocycles. The fourth-order valence-electron chi connectivity index (χ4n) is 9.15. The number of amides is 2. The molecule has 0 aliphatic carbocycles. The molecule has 15 nitrogen and oxygen atoms in total. The molecular formula is C54H73N7O8S. The first-order valence-electron chi connectivity index (χ1n) is 24.3. The summed E-state index contributed by atoms with van der Waals surface area (Å²) < 4.78 is 37.1. The highest BCUT2D eigenvalue weighted by atomic mass is 32.2. The number of hydrogen-bond donors (Lipinski definition) is 0.